The molecule has 0 aliphatic heterocycles. The highest BCUT2D eigenvalue weighted by molar-refractivity contribution is 6.04. The van der Waals surface area contributed by atoms with Crippen LogP contribution in [0.25, 0.3) is 0 Å². The van der Waals surface area contributed by atoms with E-state index in [1.54, 1.807) is 19.1 Å². The number of aryl methyl sites for hydroxylation is 1. The molecule has 2 aromatic carbocycles. The number of fused-ring (bicyclic) bond motifs is 1. The zero-order chi connectivity index (χ0) is 18.0. The SMILES string of the molecule is CCc1ccc(OCC(=O)Oc2ccc(F)c3c2C(=O)CC3C)cc1. The van der Waals surface area contributed by atoms with Crippen LogP contribution in [0.5, 0.6) is 11.5 Å². The number of carbonyl (C=O) groups excluding carboxylic acids is 2. The Kier molecular flexibility index (Phi) is 4.83. The molecule has 0 saturated carbocycles. The monoisotopic (exact) mass is 342 g/mol. The molecule has 2 aromatic rings. The number of hydrogen-bond donors (Lipinski definition) is 0. The molecule has 0 amide bonds. The van der Waals surface area contributed by atoms with Crippen LogP contribution < -0.4 is 9.47 Å². The van der Waals surface area contributed by atoms with Gasteiger partial charge in [0.05, 0.1) is 5.56 Å². The number of benzene rings is 2. The summed E-state index contributed by atoms with van der Waals surface area (Å²) in [6.07, 6.45) is 1.14. The highest BCUT2D eigenvalue weighted by Crippen LogP contribution is 2.39. The third kappa shape index (κ3) is 3.55. The van der Waals surface area contributed by atoms with Crippen LogP contribution in [0.4, 0.5) is 4.39 Å². The van der Waals surface area contributed by atoms with Gasteiger partial charge in [0.15, 0.2) is 12.4 Å². The Hall–Kier alpha value is -2.69. The predicted molar refractivity (Wildman–Crippen MR) is 90.7 cm³/mol. The summed E-state index contributed by atoms with van der Waals surface area (Å²) < 4.78 is 24.6. The minimum Gasteiger partial charge on any atom is -0.482 e. The van der Waals surface area contributed by atoms with Crippen LogP contribution in [-0.2, 0) is 11.2 Å². The quantitative estimate of drug-likeness (QED) is 0.607. The maximum Gasteiger partial charge on any atom is 0.349 e. The van der Waals surface area contributed by atoms with Crippen molar-refractivity contribution < 1.29 is 23.5 Å². The maximum absolute atomic E-state index is 13.9. The van der Waals surface area contributed by atoms with E-state index in [0.717, 1.165) is 6.42 Å². The van der Waals surface area contributed by atoms with E-state index in [1.165, 1.54) is 17.7 Å². The minimum absolute atomic E-state index is 0.0979. The van der Waals surface area contributed by atoms with Crippen molar-refractivity contribution in [1.29, 1.82) is 0 Å². The molecule has 0 bridgehead atoms. The highest BCUT2D eigenvalue weighted by atomic mass is 19.1. The lowest BCUT2D eigenvalue weighted by atomic mass is 10.0. The first-order chi connectivity index (χ1) is 12.0. The van der Waals surface area contributed by atoms with E-state index < -0.39 is 11.8 Å². The highest BCUT2D eigenvalue weighted by Gasteiger charge is 2.33. The summed E-state index contributed by atoms with van der Waals surface area (Å²) >= 11 is 0. The number of carbonyl (C=O) groups is 2. The van der Waals surface area contributed by atoms with E-state index in [0.29, 0.717) is 11.3 Å². The number of rotatable bonds is 5. The van der Waals surface area contributed by atoms with Crippen LogP contribution in [-0.4, -0.2) is 18.4 Å². The molecule has 1 atom stereocenters. The fourth-order valence-electron chi connectivity index (χ4n) is 3.03. The molecule has 130 valence electrons. The van der Waals surface area contributed by atoms with Gasteiger partial charge in [0.2, 0.25) is 0 Å². The smallest absolute Gasteiger partial charge is 0.349 e. The number of Topliss-reactive ketones (excluding diaryl/α,β-unsaturated/α-hetero) is 1. The second kappa shape index (κ2) is 7.05. The second-order valence-corrected chi connectivity index (χ2v) is 6.12. The predicted octanol–water partition coefficient (Wildman–Crippen LogP) is 4.06. The van der Waals surface area contributed by atoms with Crippen LogP contribution in [0.3, 0.4) is 0 Å². The molecule has 25 heavy (non-hydrogen) atoms. The molecule has 1 aliphatic rings. The van der Waals surface area contributed by atoms with Crippen molar-refractivity contribution in [3.8, 4) is 11.5 Å². The van der Waals surface area contributed by atoms with Crippen molar-refractivity contribution in [2.45, 2.75) is 32.6 Å². The Labute approximate surface area is 145 Å². The summed E-state index contributed by atoms with van der Waals surface area (Å²) in [4.78, 5) is 24.1. The normalized spacial score (nSPS) is 15.8. The molecule has 0 aromatic heterocycles. The fourth-order valence-corrected chi connectivity index (χ4v) is 3.03. The molecule has 0 saturated heterocycles. The minimum atomic E-state index is -0.638. The third-order valence-corrected chi connectivity index (χ3v) is 4.33. The summed E-state index contributed by atoms with van der Waals surface area (Å²) in [6.45, 7) is 3.54. The molecule has 0 N–H and O–H groups in total. The lowest BCUT2D eigenvalue weighted by Crippen LogP contribution is -2.19. The van der Waals surface area contributed by atoms with Crippen molar-refractivity contribution in [3.05, 3.63) is 58.9 Å². The average Bonchev–Trinajstić information content (AvgIpc) is 2.91. The standard InChI is InChI=1S/C20H19FO4/c1-3-13-4-6-14(7-5-13)24-11-18(23)25-17-9-8-15(21)19-12(2)10-16(22)20(17)19/h4-9,12H,3,10-11H2,1-2H3. The molecule has 3 rings (SSSR count). The molecule has 0 spiro atoms. The average molecular weight is 342 g/mol. The molecular formula is C20H19FO4. The van der Waals surface area contributed by atoms with Gasteiger partial charge in [0.1, 0.15) is 17.3 Å². The van der Waals surface area contributed by atoms with Gasteiger partial charge in [0.25, 0.3) is 0 Å². The van der Waals surface area contributed by atoms with E-state index >= 15 is 0 Å². The van der Waals surface area contributed by atoms with E-state index in [9.17, 15) is 14.0 Å². The Morgan fingerprint density at radius 1 is 1.20 bits per heavy atom. The number of halogens is 1. The topological polar surface area (TPSA) is 52.6 Å². The summed E-state index contributed by atoms with van der Waals surface area (Å²) in [6, 6.07) is 9.96. The Balaban J connectivity index is 1.68. The molecule has 1 aliphatic carbocycles. The van der Waals surface area contributed by atoms with Crippen molar-refractivity contribution in [1.82, 2.24) is 0 Å². The summed E-state index contributed by atoms with van der Waals surface area (Å²) in [7, 11) is 0. The van der Waals surface area contributed by atoms with Crippen molar-refractivity contribution in [2.75, 3.05) is 6.61 Å². The first-order valence-corrected chi connectivity index (χ1v) is 8.27. The van der Waals surface area contributed by atoms with Gasteiger partial charge in [0, 0.05) is 12.0 Å². The van der Waals surface area contributed by atoms with Gasteiger partial charge in [-0.25, -0.2) is 9.18 Å². The van der Waals surface area contributed by atoms with E-state index in [2.05, 4.69) is 6.92 Å². The Morgan fingerprint density at radius 3 is 2.60 bits per heavy atom. The third-order valence-electron chi connectivity index (χ3n) is 4.33. The number of ketones is 1. The van der Waals surface area contributed by atoms with Crippen LogP contribution in [0.15, 0.2) is 36.4 Å². The van der Waals surface area contributed by atoms with Gasteiger partial charge in [-0.15, -0.1) is 0 Å². The second-order valence-electron chi connectivity index (χ2n) is 6.12. The number of esters is 1. The van der Waals surface area contributed by atoms with Gasteiger partial charge in [-0.2, -0.15) is 0 Å². The van der Waals surface area contributed by atoms with E-state index in [4.69, 9.17) is 9.47 Å². The van der Waals surface area contributed by atoms with Crippen LogP contribution in [0.1, 0.15) is 47.7 Å². The van der Waals surface area contributed by atoms with E-state index in [1.807, 2.05) is 12.1 Å². The summed E-state index contributed by atoms with van der Waals surface area (Å²) in [5.41, 5.74) is 1.67. The Morgan fingerprint density at radius 2 is 1.92 bits per heavy atom. The molecule has 4 nitrogen and oxygen atoms in total. The summed E-state index contributed by atoms with van der Waals surface area (Å²) in [5, 5.41) is 0. The lowest BCUT2D eigenvalue weighted by Gasteiger charge is -2.11. The zero-order valence-corrected chi connectivity index (χ0v) is 14.2. The lowest BCUT2D eigenvalue weighted by molar-refractivity contribution is -0.136. The number of ether oxygens (including phenoxy) is 2. The molecular weight excluding hydrogens is 323 g/mol. The Bertz CT molecular complexity index is 811. The van der Waals surface area contributed by atoms with Crippen LogP contribution >= 0.6 is 0 Å². The fraction of sp³-hybridized carbons (Fsp3) is 0.300. The van der Waals surface area contributed by atoms with Gasteiger partial charge in [-0.05, 0) is 42.2 Å². The zero-order valence-electron chi connectivity index (χ0n) is 14.2. The molecule has 0 fully saturated rings. The summed E-state index contributed by atoms with van der Waals surface area (Å²) in [5.74, 6) is -0.847. The largest absolute Gasteiger partial charge is 0.482 e. The van der Waals surface area contributed by atoms with Crippen LogP contribution in [0, 0.1) is 5.82 Å². The number of hydrogen-bond acceptors (Lipinski definition) is 4. The molecule has 0 radical (unpaired) electrons. The molecule has 0 heterocycles. The van der Waals surface area contributed by atoms with Crippen molar-refractivity contribution in [3.63, 3.8) is 0 Å². The first kappa shape index (κ1) is 17.1. The molecule has 5 heteroatoms. The van der Waals surface area contributed by atoms with Crippen molar-refractivity contribution in [2.24, 2.45) is 0 Å². The van der Waals surface area contributed by atoms with Gasteiger partial charge in [-0.3, -0.25) is 4.79 Å². The van der Waals surface area contributed by atoms with Gasteiger partial charge in [-0.1, -0.05) is 26.0 Å². The van der Waals surface area contributed by atoms with Gasteiger partial charge < -0.3 is 9.47 Å². The van der Waals surface area contributed by atoms with E-state index in [-0.39, 0.29) is 36.0 Å². The molecule has 1 unspecified atom stereocenters. The van der Waals surface area contributed by atoms with Crippen molar-refractivity contribution >= 4 is 11.8 Å². The first-order valence-electron chi connectivity index (χ1n) is 8.27. The van der Waals surface area contributed by atoms with Gasteiger partial charge >= 0.3 is 5.97 Å². The maximum atomic E-state index is 13.9. The van der Waals surface area contributed by atoms with Crippen LogP contribution in [0.2, 0.25) is 0 Å².